The molecule has 1 heterocycles. The second kappa shape index (κ2) is 8.20. The Morgan fingerprint density at radius 3 is 2.55 bits per heavy atom. The first-order chi connectivity index (χ1) is 14.0. The van der Waals surface area contributed by atoms with E-state index >= 15 is 0 Å². The zero-order valence-electron chi connectivity index (χ0n) is 15.8. The van der Waals surface area contributed by atoms with E-state index < -0.39 is 10.8 Å². The van der Waals surface area contributed by atoms with E-state index in [-0.39, 0.29) is 23.2 Å². The van der Waals surface area contributed by atoms with Gasteiger partial charge in [0.2, 0.25) is 0 Å². The van der Waals surface area contributed by atoms with Crippen molar-refractivity contribution in [3.63, 3.8) is 0 Å². The Balaban J connectivity index is 1.40. The summed E-state index contributed by atoms with van der Waals surface area (Å²) in [5, 5.41) is 14.4. The molecule has 2 aliphatic carbocycles. The van der Waals surface area contributed by atoms with Gasteiger partial charge in [0.15, 0.2) is 0 Å². The van der Waals surface area contributed by atoms with Crippen molar-refractivity contribution in [2.75, 3.05) is 5.32 Å². The van der Waals surface area contributed by atoms with E-state index in [2.05, 4.69) is 16.2 Å². The maximum Gasteiger partial charge on any atom is 0.293 e. The van der Waals surface area contributed by atoms with Gasteiger partial charge in [-0.2, -0.15) is 0 Å². The van der Waals surface area contributed by atoms with Crippen LogP contribution in [0, 0.1) is 10.1 Å². The van der Waals surface area contributed by atoms with Gasteiger partial charge in [-0.1, -0.05) is 6.42 Å². The van der Waals surface area contributed by atoms with Crippen LogP contribution in [-0.4, -0.2) is 22.8 Å². The highest BCUT2D eigenvalue weighted by Crippen LogP contribution is 2.32. The molecule has 1 saturated carbocycles. The highest BCUT2D eigenvalue weighted by molar-refractivity contribution is 7.14. The molecule has 0 spiro atoms. The number of hydrogen-bond donors (Lipinski definition) is 3. The van der Waals surface area contributed by atoms with Crippen LogP contribution in [0.1, 0.15) is 62.6 Å². The Morgan fingerprint density at radius 1 is 1.03 bits per heavy atom. The maximum absolute atomic E-state index is 12.4. The highest BCUT2D eigenvalue weighted by atomic mass is 32.1. The molecule has 0 saturated heterocycles. The van der Waals surface area contributed by atoms with Gasteiger partial charge in [-0.25, -0.2) is 0 Å². The number of nitrogens with zero attached hydrogens (tertiary/aromatic N) is 1. The fraction of sp³-hybridized carbons (Fsp3) is 0.400. The second-order valence-electron chi connectivity index (χ2n) is 7.44. The fourth-order valence-electron chi connectivity index (χ4n) is 3.42. The fourth-order valence-corrected chi connectivity index (χ4v) is 4.57. The number of thiophene rings is 1. The maximum atomic E-state index is 12.4. The predicted octanol–water partition coefficient (Wildman–Crippen LogP) is 3.57. The van der Waals surface area contributed by atoms with Crippen LogP contribution in [0.4, 0.5) is 11.4 Å². The Bertz CT molecular complexity index is 944. The number of benzene rings is 1. The number of hydrogen-bond acceptors (Lipinski definition) is 6. The van der Waals surface area contributed by atoms with Gasteiger partial charge in [0.25, 0.3) is 17.5 Å². The van der Waals surface area contributed by atoms with Crippen molar-refractivity contribution in [3.05, 3.63) is 55.3 Å². The first-order valence-electron chi connectivity index (χ1n) is 9.78. The summed E-state index contributed by atoms with van der Waals surface area (Å²) in [5.74, 6) is -0.976. The number of anilines is 1. The molecule has 4 rings (SSSR count). The number of nitro groups is 1. The third kappa shape index (κ3) is 4.56. The Hall–Kier alpha value is -2.94. The average Bonchev–Trinajstić information content (AvgIpc) is 3.48. The van der Waals surface area contributed by atoms with E-state index in [1.807, 2.05) is 6.07 Å². The number of hydrazine groups is 1. The molecule has 0 unspecified atom stereocenters. The summed E-state index contributed by atoms with van der Waals surface area (Å²) in [6.45, 7) is 0. The molecular weight excluding hydrogens is 392 g/mol. The van der Waals surface area contributed by atoms with E-state index in [1.54, 1.807) is 0 Å². The molecule has 1 fully saturated rings. The summed E-state index contributed by atoms with van der Waals surface area (Å²) in [6.07, 6.45) is 7.41. The van der Waals surface area contributed by atoms with Gasteiger partial charge in [0, 0.05) is 22.5 Å². The number of nitrogens with one attached hydrogen (secondary N) is 3. The number of amides is 2. The standard InChI is InChI=1S/C20H22N4O4S/c25-19(13-6-9-15(21-14-7-8-14)16(10-13)24(27)28)22-23-20(26)18-11-12-4-2-1-3-5-17(12)29-18/h6,9-11,14,21H,1-5,7-8H2,(H,22,25)(H,23,26). The van der Waals surface area contributed by atoms with E-state index in [9.17, 15) is 19.7 Å². The minimum atomic E-state index is -0.599. The van der Waals surface area contributed by atoms with Crippen molar-refractivity contribution >= 4 is 34.5 Å². The molecular formula is C20H22N4O4S. The molecule has 152 valence electrons. The molecule has 1 aromatic carbocycles. The summed E-state index contributed by atoms with van der Waals surface area (Å²) in [4.78, 5) is 37.4. The van der Waals surface area contributed by atoms with Crippen LogP contribution in [0.15, 0.2) is 24.3 Å². The van der Waals surface area contributed by atoms with Gasteiger partial charge in [-0.15, -0.1) is 11.3 Å². The first kappa shape index (κ1) is 19.4. The van der Waals surface area contributed by atoms with E-state index in [0.29, 0.717) is 10.6 Å². The molecule has 2 aromatic rings. The number of aryl methyl sites for hydroxylation is 2. The molecule has 1 aromatic heterocycles. The number of fused-ring (bicyclic) bond motifs is 1. The second-order valence-corrected chi connectivity index (χ2v) is 8.57. The van der Waals surface area contributed by atoms with Crippen molar-refractivity contribution in [1.82, 2.24) is 10.9 Å². The lowest BCUT2D eigenvalue weighted by molar-refractivity contribution is -0.384. The number of carbonyl (C=O) groups is 2. The minimum Gasteiger partial charge on any atom is -0.377 e. The van der Waals surface area contributed by atoms with Crippen LogP contribution in [-0.2, 0) is 12.8 Å². The van der Waals surface area contributed by atoms with Crippen LogP contribution in [0.2, 0.25) is 0 Å². The summed E-state index contributed by atoms with van der Waals surface area (Å²) >= 11 is 1.46. The van der Waals surface area contributed by atoms with Gasteiger partial charge < -0.3 is 5.32 Å². The van der Waals surface area contributed by atoms with Crippen LogP contribution in [0.3, 0.4) is 0 Å². The molecule has 2 aliphatic rings. The van der Waals surface area contributed by atoms with Crippen molar-refractivity contribution in [2.24, 2.45) is 0 Å². The lowest BCUT2D eigenvalue weighted by atomic mass is 10.1. The molecule has 8 nitrogen and oxygen atoms in total. The Labute approximate surface area is 171 Å². The lowest BCUT2D eigenvalue weighted by Crippen LogP contribution is -2.41. The van der Waals surface area contributed by atoms with Gasteiger partial charge in [0.1, 0.15) is 5.69 Å². The quantitative estimate of drug-likeness (QED) is 0.393. The summed E-state index contributed by atoms with van der Waals surface area (Å²) < 4.78 is 0. The molecule has 3 N–H and O–H groups in total. The van der Waals surface area contributed by atoms with Crippen molar-refractivity contribution in [2.45, 2.75) is 51.0 Å². The van der Waals surface area contributed by atoms with E-state index in [1.165, 1.54) is 46.4 Å². The zero-order chi connectivity index (χ0) is 20.4. The van der Waals surface area contributed by atoms with Gasteiger partial charge >= 0.3 is 0 Å². The van der Waals surface area contributed by atoms with E-state index in [0.717, 1.165) is 38.5 Å². The third-order valence-electron chi connectivity index (χ3n) is 5.15. The SMILES string of the molecule is O=C(NNC(=O)c1cc2c(s1)CCCCC2)c1ccc(NC2CC2)c([N+](=O)[O-])c1. The van der Waals surface area contributed by atoms with Crippen LogP contribution >= 0.6 is 11.3 Å². The summed E-state index contributed by atoms with van der Waals surface area (Å²) in [7, 11) is 0. The zero-order valence-corrected chi connectivity index (χ0v) is 16.6. The lowest BCUT2D eigenvalue weighted by Gasteiger charge is -2.09. The van der Waals surface area contributed by atoms with Gasteiger partial charge in [0.05, 0.1) is 9.80 Å². The van der Waals surface area contributed by atoms with Crippen LogP contribution in [0.5, 0.6) is 0 Å². The van der Waals surface area contributed by atoms with Gasteiger partial charge in [-0.3, -0.25) is 30.6 Å². The van der Waals surface area contributed by atoms with E-state index in [4.69, 9.17) is 0 Å². The van der Waals surface area contributed by atoms with Gasteiger partial charge in [-0.05, 0) is 62.3 Å². The molecule has 0 radical (unpaired) electrons. The number of carbonyl (C=O) groups excluding carboxylic acids is 2. The summed E-state index contributed by atoms with van der Waals surface area (Å²) in [6, 6.07) is 6.42. The number of nitro benzene ring substituents is 1. The number of rotatable bonds is 5. The first-order valence-corrected chi connectivity index (χ1v) is 10.6. The smallest absolute Gasteiger partial charge is 0.293 e. The third-order valence-corrected chi connectivity index (χ3v) is 6.39. The topological polar surface area (TPSA) is 113 Å². The molecule has 29 heavy (non-hydrogen) atoms. The molecule has 9 heteroatoms. The summed E-state index contributed by atoms with van der Waals surface area (Å²) in [5.41, 5.74) is 6.35. The normalized spacial score (nSPS) is 15.7. The molecule has 0 atom stereocenters. The Morgan fingerprint density at radius 2 is 1.79 bits per heavy atom. The Kier molecular flexibility index (Phi) is 5.48. The monoisotopic (exact) mass is 414 g/mol. The van der Waals surface area contributed by atoms with Crippen molar-refractivity contribution in [1.29, 1.82) is 0 Å². The largest absolute Gasteiger partial charge is 0.377 e. The van der Waals surface area contributed by atoms with Crippen LogP contribution < -0.4 is 16.2 Å². The average molecular weight is 414 g/mol. The molecule has 0 aliphatic heterocycles. The van der Waals surface area contributed by atoms with Crippen LogP contribution in [0.25, 0.3) is 0 Å². The highest BCUT2D eigenvalue weighted by Gasteiger charge is 2.26. The molecule has 0 bridgehead atoms. The van der Waals surface area contributed by atoms with Crippen molar-refractivity contribution in [3.8, 4) is 0 Å². The minimum absolute atomic E-state index is 0.111. The predicted molar refractivity (Wildman–Crippen MR) is 110 cm³/mol. The van der Waals surface area contributed by atoms with Crippen molar-refractivity contribution < 1.29 is 14.5 Å². The molecule has 2 amide bonds.